The van der Waals surface area contributed by atoms with E-state index in [-0.39, 0.29) is 18.0 Å². The van der Waals surface area contributed by atoms with Gasteiger partial charge in [-0.25, -0.2) is 24.7 Å². The lowest BCUT2D eigenvalue weighted by atomic mass is 9.92. The molecule has 1 aliphatic carbocycles. The summed E-state index contributed by atoms with van der Waals surface area (Å²) in [6.07, 6.45) is 11.4. The van der Waals surface area contributed by atoms with Crippen LogP contribution in [0.2, 0.25) is 0 Å². The quantitative estimate of drug-likeness (QED) is 0.280. The molecule has 0 spiro atoms. The molecule has 0 radical (unpaired) electrons. The number of aromatic nitrogens is 7. The predicted octanol–water partition coefficient (Wildman–Crippen LogP) is 4.97. The summed E-state index contributed by atoms with van der Waals surface area (Å²) in [4.78, 5) is 33.6. The average molecular weight is 572 g/mol. The van der Waals surface area contributed by atoms with E-state index < -0.39 is 0 Å². The standard InChI is InChI=1S/C31H29N11O/c1-41-20-24(19-37-41)22-7-12-28(33-17-22)42(31(43)35-16-21-5-3-2-4-6-21)26-10-8-25(9-11-26)38-30-34-18-23(15-32)29(39-30)27-13-14-36-40-27/h2-7,12-14,17-20,26H,8-11,16H2,1H3,(H,35,43)(H,36,40). The van der Waals surface area contributed by atoms with Crippen molar-refractivity contribution in [2.24, 2.45) is 12.0 Å². The normalized spacial score (nSPS) is 14.6. The molecule has 0 aliphatic heterocycles. The number of aryl methyl sites for hydroxylation is 1. The minimum atomic E-state index is -0.199. The number of H-pyrrole nitrogens is 1. The number of carbonyl (C=O) groups excluding carboxylic acids is 1. The Balaban J connectivity index is 1.20. The first-order valence-electron chi connectivity index (χ1n) is 14.0. The van der Waals surface area contributed by atoms with Gasteiger partial charge in [0.25, 0.3) is 0 Å². The summed E-state index contributed by atoms with van der Waals surface area (Å²) in [6.45, 7) is 0.414. The fourth-order valence-corrected chi connectivity index (χ4v) is 5.13. The highest BCUT2D eigenvalue weighted by Crippen LogP contribution is 2.29. The van der Waals surface area contributed by atoms with Crippen LogP contribution in [0.4, 0.5) is 16.6 Å². The Morgan fingerprint density at radius 1 is 1.09 bits per heavy atom. The number of rotatable bonds is 7. The number of benzene rings is 1. The van der Waals surface area contributed by atoms with Gasteiger partial charge in [0, 0.05) is 55.1 Å². The topological polar surface area (TPSA) is 154 Å². The van der Waals surface area contributed by atoms with Crippen LogP contribution in [-0.4, -0.2) is 52.7 Å². The highest BCUT2D eigenvalue weighted by molar-refractivity contribution is 5.93. The second-order valence-electron chi connectivity index (χ2n) is 10.2. The number of hydrogen-bond donors (Lipinski definition) is 2. The molecule has 4 aromatic heterocycles. The zero-order chi connectivity index (χ0) is 29.6. The number of urea groups is 1. The van der Waals surface area contributed by atoms with Crippen molar-refractivity contribution in [2.75, 3.05) is 4.90 Å². The molecule has 2 N–H and O–H groups in total. The van der Waals surface area contributed by atoms with Crippen LogP contribution < -0.4 is 10.2 Å². The number of hydrogen-bond acceptors (Lipinski definition) is 8. The van der Waals surface area contributed by atoms with Crippen LogP contribution in [0.5, 0.6) is 0 Å². The van der Waals surface area contributed by atoms with E-state index in [0.29, 0.717) is 55.0 Å². The summed E-state index contributed by atoms with van der Waals surface area (Å²) in [7, 11) is 1.87. The van der Waals surface area contributed by atoms with Gasteiger partial charge in [-0.05, 0) is 49.4 Å². The first-order chi connectivity index (χ1) is 21.1. The Kier molecular flexibility index (Phi) is 7.95. The Morgan fingerprint density at radius 2 is 1.93 bits per heavy atom. The molecular formula is C31H29N11O. The van der Waals surface area contributed by atoms with E-state index in [1.54, 1.807) is 34.2 Å². The maximum atomic E-state index is 13.6. The third kappa shape index (κ3) is 6.31. The smallest absolute Gasteiger partial charge is 0.323 e. The molecule has 1 fully saturated rings. The van der Waals surface area contributed by atoms with E-state index >= 15 is 0 Å². The van der Waals surface area contributed by atoms with Gasteiger partial charge in [0.1, 0.15) is 23.3 Å². The number of carbonyl (C=O) groups is 1. The summed E-state index contributed by atoms with van der Waals surface area (Å²) < 4.78 is 1.74. The number of aliphatic imine (C=N–C) groups is 1. The van der Waals surface area contributed by atoms with Crippen molar-refractivity contribution >= 4 is 23.5 Å². The SMILES string of the molecule is Cn1cc(-c2ccc(N(C(=O)NCc3ccccc3)C3CCC(=Nc4ncc(C#N)c(-c5cc[nH]n5)n4)CC3)nc2)cn1. The van der Waals surface area contributed by atoms with E-state index in [4.69, 9.17) is 9.98 Å². The van der Waals surface area contributed by atoms with Gasteiger partial charge in [-0.3, -0.25) is 14.7 Å². The van der Waals surface area contributed by atoms with Crippen LogP contribution in [0.15, 0.2) is 84.5 Å². The maximum absolute atomic E-state index is 13.6. The van der Waals surface area contributed by atoms with E-state index in [1.807, 2.05) is 55.7 Å². The molecule has 214 valence electrons. The summed E-state index contributed by atoms with van der Waals surface area (Å²) >= 11 is 0. The first kappa shape index (κ1) is 27.5. The van der Waals surface area contributed by atoms with E-state index in [0.717, 1.165) is 22.4 Å². The number of amides is 2. The molecule has 12 heteroatoms. The predicted molar refractivity (Wildman–Crippen MR) is 161 cm³/mol. The Labute approximate surface area is 248 Å². The molecule has 12 nitrogen and oxygen atoms in total. The van der Waals surface area contributed by atoms with E-state index in [2.05, 4.69) is 36.7 Å². The third-order valence-corrected chi connectivity index (χ3v) is 7.33. The Morgan fingerprint density at radius 3 is 2.60 bits per heavy atom. The molecule has 0 saturated heterocycles. The molecule has 0 unspecified atom stereocenters. The van der Waals surface area contributed by atoms with Crippen LogP contribution in [0.1, 0.15) is 36.8 Å². The molecule has 0 bridgehead atoms. The minimum Gasteiger partial charge on any atom is -0.334 e. The van der Waals surface area contributed by atoms with Crippen molar-refractivity contribution in [1.82, 2.24) is 40.2 Å². The zero-order valence-corrected chi connectivity index (χ0v) is 23.6. The molecule has 43 heavy (non-hydrogen) atoms. The van der Waals surface area contributed by atoms with E-state index in [1.165, 1.54) is 6.20 Å². The average Bonchev–Trinajstić information content (AvgIpc) is 3.74. The lowest BCUT2D eigenvalue weighted by Crippen LogP contribution is -2.48. The number of nitrogens with one attached hydrogen (secondary N) is 2. The number of aromatic amines is 1. The molecule has 5 aromatic rings. The summed E-state index contributed by atoms with van der Waals surface area (Å²) in [5.41, 5.74) is 5.18. The highest BCUT2D eigenvalue weighted by Gasteiger charge is 2.30. The highest BCUT2D eigenvalue weighted by atomic mass is 16.2. The lowest BCUT2D eigenvalue weighted by Gasteiger charge is -2.34. The van der Waals surface area contributed by atoms with Gasteiger partial charge in [-0.15, -0.1) is 0 Å². The third-order valence-electron chi connectivity index (χ3n) is 7.33. The molecule has 4 heterocycles. The van der Waals surface area contributed by atoms with Crippen LogP contribution in [0.25, 0.3) is 22.5 Å². The summed E-state index contributed by atoms with van der Waals surface area (Å²) in [5.74, 6) is 0.873. The monoisotopic (exact) mass is 571 g/mol. The van der Waals surface area contributed by atoms with Crippen LogP contribution in [-0.2, 0) is 13.6 Å². The second-order valence-corrected chi connectivity index (χ2v) is 10.2. The van der Waals surface area contributed by atoms with Gasteiger partial charge in [-0.1, -0.05) is 30.3 Å². The van der Waals surface area contributed by atoms with Gasteiger partial charge in [0.15, 0.2) is 0 Å². The molecule has 1 aliphatic rings. The number of anilines is 1. The van der Waals surface area contributed by atoms with Crippen molar-refractivity contribution in [1.29, 1.82) is 5.26 Å². The van der Waals surface area contributed by atoms with Gasteiger partial charge >= 0.3 is 6.03 Å². The van der Waals surface area contributed by atoms with Gasteiger partial charge < -0.3 is 5.32 Å². The first-order valence-corrected chi connectivity index (χ1v) is 14.0. The minimum absolute atomic E-state index is 0.0760. The van der Waals surface area contributed by atoms with Gasteiger partial charge in [0.05, 0.1) is 18.0 Å². The fraction of sp³-hybridized carbons (Fsp3) is 0.226. The summed E-state index contributed by atoms with van der Waals surface area (Å²) in [6, 6.07) is 17.3. The molecule has 0 atom stereocenters. The Bertz CT molecular complexity index is 1760. The molecular weight excluding hydrogens is 542 g/mol. The van der Waals surface area contributed by atoms with Gasteiger partial charge in [0.2, 0.25) is 5.95 Å². The zero-order valence-electron chi connectivity index (χ0n) is 23.6. The van der Waals surface area contributed by atoms with E-state index in [9.17, 15) is 10.1 Å². The molecule has 6 rings (SSSR count). The summed E-state index contributed by atoms with van der Waals surface area (Å²) in [5, 5.41) is 23.7. The number of pyridine rings is 1. The molecule has 1 aromatic carbocycles. The number of nitrogens with zero attached hydrogens (tertiary/aromatic N) is 9. The number of nitriles is 1. The van der Waals surface area contributed by atoms with Crippen LogP contribution in [0, 0.1) is 11.3 Å². The van der Waals surface area contributed by atoms with Crippen LogP contribution in [0.3, 0.4) is 0 Å². The largest absolute Gasteiger partial charge is 0.334 e. The Hall–Kier alpha value is -5.70. The van der Waals surface area contributed by atoms with Crippen molar-refractivity contribution in [3.8, 4) is 28.6 Å². The van der Waals surface area contributed by atoms with Crippen molar-refractivity contribution in [2.45, 2.75) is 38.3 Å². The van der Waals surface area contributed by atoms with Crippen molar-refractivity contribution < 1.29 is 4.79 Å². The second kappa shape index (κ2) is 12.4. The van der Waals surface area contributed by atoms with Crippen LogP contribution >= 0.6 is 0 Å². The van der Waals surface area contributed by atoms with Crippen molar-refractivity contribution in [3.63, 3.8) is 0 Å². The molecule has 1 saturated carbocycles. The lowest BCUT2D eigenvalue weighted by molar-refractivity contribution is 0.242. The fourth-order valence-electron chi connectivity index (χ4n) is 5.13. The maximum Gasteiger partial charge on any atom is 0.323 e. The van der Waals surface area contributed by atoms with Gasteiger partial charge in [-0.2, -0.15) is 15.5 Å². The molecule has 2 amide bonds. The van der Waals surface area contributed by atoms with Crippen molar-refractivity contribution in [3.05, 3.63) is 90.6 Å².